The molecule has 0 aromatic heterocycles. The van der Waals surface area contributed by atoms with E-state index in [2.05, 4.69) is 10.6 Å². The fraction of sp³-hybridized carbons (Fsp3) is 0.423. The van der Waals surface area contributed by atoms with Crippen LogP contribution in [0.15, 0.2) is 48.5 Å². The van der Waals surface area contributed by atoms with Gasteiger partial charge in [0.25, 0.3) is 0 Å². The average Bonchev–Trinajstić information content (AvgIpc) is 3.18. The zero-order valence-corrected chi connectivity index (χ0v) is 20.4. The maximum Gasteiger partial charge on any atom is 0.407 e. The number of ether oxygens (including phenoxy) is 3. The zero-order chi connectivity index (χ0) is 25.6. The van der Waals surface area contributed by atoms with E-state index in [1.54, 1.807) is 13.8 Å². The van der Waals surface area contributed by atoms with Crippen molar-refractivity contribution in [2.45, 2.75) is 43.9 Å². The molecule has 0 heterocycles. The quantitative estimate of drug-likeness (QED) is 0.448. The van der Waals surface area contributed by atoms with Crippen LogP contribution in [-0.2, 0) is 23.8 Å². The Labute approximate surface area is 204 Å². The third-order valence-corrected chi connectivity index (χ3v) is 6.51. The number of benzene rings is 2. The van der Waals surface area contributed by atoms with E-state index in [1.807, 2.05) is 48.5 Å². The number of methoxy groups -OCH3 is 2. The summed E-state index contributed by atoms with van der Waals surface area (Å²) in [6.45, 7) is 3.07. The summed E-state index contributed by atoms with van der Waals surface area (Å²) < 4.78 is 15.8. The van der Waals surface area contributed by atoms with E-state index in [9.17, 15) is 19.5 Å². The molecule has 0 aliphatic heterocycles. The second-order valence-corrected chi connectivity index (χ2v) is 8.55. The van der Waals surface area contributed by atoms with Gasteiger partial charge in [-0.15, -0.1) is 0 Å². The van der Waals surface area contributed by atoms with Crippen LogP contribution in [0, 0.1) is 0 Å². The summed E-state index contributed by atoms with van der Waals surface area (Å²) in [7, 11) is 2.74. The van der Waals surface area contributed by atoms with Gasteiger partial charge in [0.1, 0.15) is 12.6 Å². The normalized spacial score (nSPS) is 15.8. The Kier molecular flexibility index (Phi) is 8.48. The van der Waals surface area contributed by atoms with Crippen LogP contribution in [0.5, 0.6) is 0 Å². The molecule has 3 atom stereocenters. The van der Waals surface area contributed by atoms with Crippen LogP contribution in [0.3, 0.4) is 0 Å². The average molecular weight is 485 g/mol. The minimum absolute atomic E-state index is 0.0766. The van der Waals surface area contributed by atoms with Gasteiger partial charge in [0.2, 0.25) is 5.91 Å². The van der Waals surface area contributed by atoms with Gasteiger partial charge < -0.3 is 30.0 Å². The van der Waals surface area contributed by atoms with E-state index in [0.29, 0.717) is 0 Å². The van der Waals surface area contributed by atoms with Gasteiger partial charge in [-0.05, 0) is 35.6 Å². The van der Waals surface area contributed by atoms with E-state index in [-0.39, 0.29) is 25.6 Å². The SMILES string of the molecule is CCC(COC)(NC(=O)C(NC(=O)OCC1c2ccccc2-c2ccccc21)C(C)OC)C(=O)O. The van der Waals surface area contributed by atoms with Crippen LogP contribution in [0.1, 0.15) is 37.3 Å². The van der Waals surface area contributed by atoms with Gasteiger partial charge in [-0.2, -0.15) is 0 Å². The van der Waals surface area contributed by atoms with Crippen molar-refractivity contribution in [2.75, 3.05) is 27.4 Å². The molecule has 1 aliphatic rings. The number of fused-ring (bicyclic) bond motifs is 3. The van der Waals surface area contributed by atoms with Gasteiger partial charge in [0, 0.05) is 20.1 Å². The lowest BCUT2D eigenvalue weighted by Crippen LogP contribution is -2.63. The fourth-order valence-corrected chi connectivity index (χ4v) is 4.35. The van der Waals surface area contributed by atoms with Gasteiger partial charge in [0.05, 0.1) is 12.7 Å². The molecule has 3 unspecified atom stereocenters. The molecule has 9 nitrogen and oxygen atoms in total. The Morgan fingerprint density at radius 1 is 1.03 bits per heavy atom. The Morgan fingerprint density at radius 3 is 2.09 bits per heavy atom. The lowest BCUT2D eigenvalue weighted by Gasteiger charge is -2.32. The number of rotatable bonds is 11. The molecule has 35 heavy (non-hydrogen) atoms. The Morgan fingerprint density at radius 2 is 1.60 bits per heavy atom. The Bertz CT molecular complexity index is 1030. The number of carbonyl (C=O) groups is 3. The zero-order valence-electron chi connectivity index (χ0n) is 20.4. The first kappa shape index (κ1) is 26.2. The summed E-state index contributed by atoms with van der Waals surface area (Å²) >= 11 is 0. The number of carboxylic acid groups (broad SMARTS) is 1. The monoisotopic (exact) mass is 484 g/mol. The second kappa shape index (κ2) is 11.3. The Hall–Kier alpha value is -3.43. The van der Waals surface area contributed by atoms with Crippen molar-refractivity contribution in [3.05, 3.63) is 59.7 Å². The van der Waals surface area contributed by atoms with Crippen LogP contribution in [0.25, 0.3) is 11.1 Å². The smallest absolute Gasteiger partial charge is 0.407 e. The molecule has 0 spiro atoms. The third-order valence-electron chi connectivity index (χ3n) is 6.51. The molecule has 0 radical (unpaired) electrons. The van der Waals surface area contributed by atoms with E-state index in [1.165, 1.54) is 14.2 Å². The summed E-state index contributed by atoms with van der Waals surface area (Å²) in [4.78, 5) is 37.7. The highest BCUT2D eigenvalue weighted by Gasteiger charge is 2.41. The summed E-state index contributed by atoms with van der Waals surface area (Å²) in [5.74, 6) is -2.09. The highest BCUT2D eigenvalue weighted by atomic mass is 16.5. The number of aliphatic carboxylic acids is 1. The molecule has 3 rings (SSSR count). The van der Waals surface area contributed by atoms with Gasteiger partial charge >= 0.3 is 12.1 Å². The lowest BCUT2D eigenvalue weighted by atomic mass is 9.96. The number of amides is 2. The van der Waals surface area contributed by atoms with Crippen LogP contribution in [0.2, 0.25) is 0 Å². The molecule has 3 N–H and O–H groups in total. The first-order chi connectivity index (χ1) is 16.8. The maximum absolute atomic E-state index is 13.0. The summed E-state index contributed by atoms with van der Waals surface area (Å²) in [6.07, 6.45) is -1.47. The van der Waals surface area contributed by atoms with Gasteiger partial charge in [-0.25, -0.2) is 9.59 Å². The highest BCUT2D eigenvalue weighted by molar-refractivity contribution is 5.92. The summed E-state index contributed by atoms with van der Waals surface area (Å²) in [6, 6.07) is 14.7. The first-order valence-corrected chi connectivity index (χ1v) is 11.5. The molecule has 0 saturated heterocycles. The Balaban J connectivity index is 1.72. The predicted octanol–water partition coefficient (Wildman–Crippen LogP) is 2.92. The molecular formula is C26H32N2O7. The van der Waals surface area contributed by atoms with Crippen molar-refractivity contribution in [2.24, 2.45) is 0 Å². The molecule has 2 aromatic carbocycles. The van der Waals surface area contributed by atoms with Crippen molar-refractivity contribution < 1.29 is 33.7 Å². The number of alkyl carbamates (subject to hydrolysis) is 1. The maximum atomic E-state index is 13.0. The largest absolute Gasteiger partial charge is 0.479 e. The van der Waals surface area contributed by atoms with Crippen molar-refractivity contribution in [1.29, 1.82) is 0 Å². The van der Waals surface area contributed by atoms with E-state index in [0.717, 1.165) is 22.3 Å². The van der Waals surface area contributed by atoms with Crippen molar-refractivity contribution in [3.63, 3.8) is 0 Å². The minimum atomic E-state index is -1.64. The minimum Gasteiger partial charge on any atom is -0.479 e. The summed E-state index contributed by atoms with van der Waals surface area (Å²) in [5, 5.41) is 14.7. The molecule has 2 amide bonds. The predicted molar refractivity (Wildman–Crippen MR) is 129 cm³/mol. The number of carboxylic acids is 1. The third kappa shape index (κ3) is 5.47. The molecule has 1 aliphatic carbocycles. The van der Waals surface area contributed by atoms with Crippen molar-refractivity contribution >= 4 is 18.0 Å². The van der Waals surface area contributed by atoms with Crippen LogP contribution >= 0.6 is 0 Å². The van der Waals surface area contributed by atoms with Crippen molar-refractivity contribution in [1.82, 2.24) is 10.6 Å². The molecule has 0 bridgehead atoms. The van der Waals surface area contributed by atoms with Gasteiger partial charge in [-0.1, -0.05) is 55.5 Å². The van der Waals surface area contributed by atoms with Gasteiger partial charge in [0.15, 0.2) is 5.54 Å². The number of carbonyl (C=O) groups excluding carboxylic acids is 2. The molecule has 0 saturated carbocycles. The first-order valence-electron chi connectivity index (χ1n) is 11.5. The van der Waals surface area contributed by atoms with E-state index >= 15 is 0 Å². The summed E-state index contributed by atoms with van der Waals surface area (Å²) in [5.41, 5.74) is 2.69. The molecule has 9 heteroatoms. The number of nitrogens with one attached hydrogen (secondary N) is 2. The van der Waals surface area contributed by atoms with E-state index in [4.69, 9.17) is 14.2 Å². The highest BCUT2D eigenvalue weighted by Crippen LogP contribution is 2.44. The van der Waals surface area contributed by atoms with E-state index < -0.39 is 35.7 Å². The lowest BCUT2D eigenvalue weighted by molar-refractivity contribution is -0.151. The number of hydrogen-bond donors (Lipinski definition) is 3. The topological polar surface area (TPSA) is 123 Å². The van der Waals surface area contributed by atoms with Crippen LogP contribution in [-0.4, -0.2) is 68.2 Å². The fourth-order valence-electron chi connectivity index (χ4n) is 4.35. The van der Waals surface area contributed by atoms with Crippen LogP contribution in [0.4, 0.5) is 4.79 Å². The van der Waals surface area contributed by atoms with Gasteiger partial charge in [-0.3, -0.25) is 4.79 Å². The standard InChI is InChI=1S/C26H32N2O7/c1-5-26(15-33-3,24(30)31)28-23(29)22(16(2)34-4)27-25(32)35-14-21-19-12-8-6-10-17(19)18-11-7-9-13-20(18)21/h6-13,16,21-22H,5,14-15H2,1-4H3,(H,27,32)(H,28,29)(H,30,31). The van der Waals surface area contributed by atoms with Crippen LogP contribution < -0.4 is 10.6 Å². The molecule has 2 aromatic rings. The molecular weight excluding hydrogens is 452 g/mol. The second-order valence-electron chi connectivity index (χ2n) is 8.55. The molecule has 0 fully saturated rings. The van der Waals surface area contributed by atoms with Crippen molar-refractivity contribution in [3.8, 4) is 11.1 Å². The molecule has 188 valence electrons. The number of hydrogen-bond acceptors (Lipinski definition) is 6.